The molecule has 4 nitrogen and oxygen atoms in total. The van der Waals surface area contributed by atoms with E-state index >= 15 is 0 Å². The summed E-state index contributed by atoms with van der Waals surface area (Å²) in [5, 5.41) is 8.83. The van der Waals surface area contributed by atoms with E-state index in [-0.39, 0.29) is 6.42 Å². The van der Waals surface area contributed by atoms with Gasteiger partial charge >= 0.3 is 5.97 Å². The minimum absolute atomic E-state index is 0.0316. The van der Waals surface area contributed by atoms with Crippen LogP contribution in [-0.4, -0.2) is 20.6 Å². The summed E-state index contributed by atoms with van der Waals surface area (Å²) in [7, 11) is 0. The third kappa shape index (κ3) is 5.08. The quantitative estimate of drug-likeness (QED) is 0.699. The van der Waals surface area contributed by atoms with E-state index in [0.29, 0.717) is 5.92 Å². The molecule has 0 unspecified atom stereocenters. The molecule has 3 aromatic rings. The van der Waals surface area contributed by atoms with Gasteiger partial charge in [0.15, 0.2) is 0 Å². The normalized spacial score (nSPS) is 10.5. The molecule has 0 aliphatic rings. The fourth-order valence-corrected chi connectivity index (χ4v) is 2.96. The molecule has 3 rings (SSSR count). The molecular weight excluding hydrogens is 336 g/mol. The number of carboxylic acids is 1. The van der Waals surface area contributed by atoms with E-state index in [2.05, 4.69) is 47.4 Å². The van der Waals surface area contributed by atoms with Crippen LogP contribution in [0.5, 0.6) is 0 Å². The van der Waals surface area contributed by atoms with Gasteiger partial charge in [-0.3, -0.25) is 4.79 Å². The molecule has 0 atom stereocenters. The lowest BCUT2D eigenvalue weighted by Gasteiger charge is -2.14. The number of benzene rings is 2. The highest BCUT2D eigenvalue weighted by molar-refractivity contribution is 5.70. The second-order valence-corrected chi connectivity index (χ2v) is 6.82. The van der Waals surface area contributed by atoms with E-state index in [1.807, 2.05) is 42.9 Å². The van der Waals surface area contributed by atoms with Crippen molar-refractivity contribution >= 4 is 5.97 Å². The van der Waals surface area contributed by atoms with Crippen molar-refractivity contribution in [2.24, 2.45) is 0 Å². The van der Waals surface area contributed by atoms with E-state index in [4.69, 9.17) is 5.11 Å². The first kappa shape index (κ1) is 18.5. The highest BCUT2D eigenvalue weighted by Crippen LogP contribution is 2.22. The van der Waals surface area contributed by atoms with Gasteiger partial charge in [-0.25, -0.2) is 4.98 Å². The van der Waals surface area contributed by atoms with Gasteiger partial charge in [-0.15, -0.1) is 0 Å². The standard InChI is InChI=1S/C23H22N2O2/c1-17(2)22-13-19(9-10-21(22)15-25-12-11-24-16-25)6-3-18-4-7-20(8-5-18)14-23(26)27/h4-5,7-13,16-17H,14-15H2,1-2H3,(H,26,27). The fraction of sp³-hybridized carbons (Fsp3) is 0.217. The Labute approximate surface area is 159 Å². The van der Waals surface area contributed by atoms with E-state index in [9.17, 15) is 4.79 Å². The summed E-state index contributed by atoms with van der Waals surface area (Å²) in [5.74, 6) is 5.95. The first-order chi connectivity index (χ1) is 13.0. The molecule has 4 heteroatoms. The highest BCUT2D eigenvalue weighted by Gasteiger charge is 2.08. The van der Waals surface area contributed by atoms with Crippen LogP contribution in [0.1, 0.15) is 47.6 Å². The van der Waals surface area contributed by atoms with E-state index in [1.54, 1.807) is 6.20 Å². The van der Waals surface area contributed by atoms with Crippen LogP contribution >= 0.6 is 0 Å². The summed E-state index contributed by atoms with van der Waals surface area (Å²) in [4.78, 5) is 14.8. The molecule has 1 heterocycles. The lowest BCUT2D eigenvalue weighted by Crippen LogP contribution is -2.03. The maximum atomic E-state index is 10.7. The average molecular weight is 358 g/mol. The number of aliphatic carboxylic acids is 1. The largest absolute Gasteiger partial charge is 0.481 e. The lowest BCUT2D eigenvalue weighted by molar-refractivity contribution is -0.136. The van der Waals surface area contributed by atoms with Gasteiger partial charge in [0.1, 0.15) is 0 Å². The van der Waals surface area contributed by atoms with Gasteiger partial charge in [-0.1, -0.05) is 43.9 Å². The first-order valence-corrected chi connectivity index (χ1v) is 8.92. The third-order valence-electron chi connectivity index (χ3n) is 4.34. The van der Waals surface area contributed by atoms with Crippen molar-refractivity contribution in [2.75, 3.05) is 0 Å². The van der Waals surface area contributed by atoms with Crippen LogP contribution in [-0.2, 0) is 17.8 Å². The van der Waals surface area contributed by atoms with E-state index in [0.717, 1.165) is 23.2 Å². The SMILES string of the molecule is CC(C)c1cc(C#Cc2ccc(CC(=O)O)cc2)ccc1Cn1ccnc1. The maximum absolute atomic E-state index is 10.7. The van der Waals surface area contributed by atoms with E-state index < -0.39 is 5.97 Å². The van der Waals surface area contributed by atoms with Gasteiger partial charge in [0.05, 0.1) is 12.7 Å². The molecule has 0 saturated carbocycles. The molecule has 0 aliphatic carbocycles. The number of nitrogens with zero attached hydrogens (tertiary/aromatic N) is 2. The average Bonchev–Trinajstić information content (AvgIpc) is 3.14. The fourth-order valence-electron chi connectivity index (χ4n) is 2.96. The number of carboxylic acid groups (broad SMARTS) is 1. The van der Waals surface area contributed by atoms with E-state index in [1.165, 1.54) is 11.1 Å². The number of aromatic nitrogens is 2. The molecule has 0 aliphatic heterocycles. The van der Waals surface area contributed by atoms with Gasteiger partial charge in [0.2, 0.25) is 0 Å². The Kier molecular flexibility index (Phi) is 5.73. The van der Waals surface area contributed by atoms with Crippen LogP contribution in [0.4, 0.5) is 0 Å². The Bertz CT molecular complexity index is 975. The maximum Gasteiger partial charge on any atom is 0.307 e. The lowest BCUT2D eigenvalue weighted by atomic mass is 9.95. The van der Waals surface area contributed by atoms with Crippen molar-refractivity contribution in [1.82, 2.24) is 9.55 Å². The predicted molar refractivity (Wildman–Crippen MR) is 106 cm³/mol. The Morgan fingerprint density at radius 2 is 1.81 bits per heavy atom. The number of imidazole rings is 1. The monoisotopic (exact) mass is 358 g/mol. The molecule has 0 radical (unpaired) electrons. The van der Waals surface area contributed by atoms with Crippen LogP contribution in [0.25, 0.3) is 0 Å². The van der Waals surface area contributed by atoms with Crippen LogP contribution in [0, 0.1) is 11.8 Å². The van der Waals surface area contributed by atoms with Crippen LogP contribution in [0.2, 0.25) is 0 Å². The Morgan fingerprint density at radius 3 is 2.44 bits per heavy atom. The van der Waals surface area contributed by atoms with Crippen molar-refractivity contribution in [3.8, 4) is 11.8 Å². The molecule has 0 fully saturated rings. The topological polar surface area (TPSA) is 55.1 Å². The molecule has 2 aromatic carbocycles. The highest BCUT2D eigenvalue weighted by atomic mass is 16.4. The van der Waals surface area contributed by atoms with Crippen molar-refractivity contribution < 1.29 is 9.90 Å². The molecule has 1 N–H and O–H groups in total. The van der Waals surface area contributed by atoms with Gasteiger partial charge in [0.25, 0.3) is 0 Å². The minimum Gasteiger partial charge on any atom is -0.481 e. The summed E-state index contributed by atoms with van der Waals surface area (Å²) in [5.41, 5.74) is 5.18. The number of rotatable bonds is 5. The number of hydrogen-bond donors (Lipinski definition) is 1. The van der Waals surface area contributed by atoms with Crippen LogP contribution in [0.15, 0.2) is 61.2 Å². The molecular formula is C23H22N2O2. The molecule has 0 spiro atoms. The van der Waals surface area contributed by atoms with Crippen molar-refractivity contribution in [2.45, 2.75) is 32.7 Å². The zero-order valence-corrected chi connectivity index (χ0v) is 15.5. The molecule has 0 bridgehead atoms. The summed E-state index contributed by atoms with van der Waals surface area (Å²) in [6.07, 6.45) is 5.61. The molecule has 27 heavy (non-hydrogen) atoms. The first-order valence-electron chi connectivity index (χ1n) is 8.92. The zero-order valence-electron chi connectivity index (χ0n) is 15.5. The second kappa shape index (κ2) is 8.37. The van der Waals surface area contributed by atoms with Crippen molar-refractivity contribution in [1.29, 1.82) is 0 Å². The van der Waals surface area contributed by atoms with Crippen LogP contribution in [0.3, 0.4) is 0 Å². The minimum atomic E-state index is -0.828. The summed E-state index contributed by atoms with van der Waals surface area (Å²) < 4.78 is 2.06. The van der Waals surface area contributed by atoms with Gasteiger partial charge in [-0.05, 0) is 46.9 Å². The number of carbonyl (C=O) groups is 1. The Hall–Kier alpha value is -3.32. The van der Waals surface area contributed by atoms with Gasteiger partial charge in [-0.2, -0.15) is 0 Å². The third-order valence-corrected chi connectivity index (χ3v) is 4.34. The summed E-state index contributed by atoms with van der Waals surface area (Å²) >= 11 is 0. The molecule has 0 saturated heterocycles. The summed E-state index contributed by atoms with van der Waals surface area (Å²) in [6.45, 7) is 5.17. The summed E-state index contributed by atoms with van der Waals surface area (Å²) in [6, 6.07) is 13.7. The van der Waals surface area contributed by atoms with Crippen molar-refractivity contribution in [3.05, 3.63) is 89.0 Å². The predicted octanol–water partition coefficient (Wildman–Crippen LogP) is 4.08. The molecule has 136 valence electrons. The van der Waals surface area contributed by atoms with Gasteiger partial charge in [0, 0.05) is 30.1 Å². The molecule has 0 amide bonds. The van der Waals surface area contributed by atoms with Crippen molar-refractivity contribution in [3.63, 3.8) is 0 Å². The zero-order chi connectivity index (χ0) is 19.2. The second-order valence-electron chi connectivity index (χ2n) is 6.82. The Balaban J connectivity index is 1.80. The van der Waals surface area contributed by atoms with Gasteiger partial charge < -0.3 is 9.67 Å². The molecule has 1 aromatic heterocycles. The smallest absolute Gasteiger partial charge is 0.307 e. The Morgan fingerprint density at radius 1 is 1.11 bits per heavy atom. The van der Waals surface area contributed by atoms with Crippen LogP contribution < -0.4 is 0 Å². The number of hydrogen-bond acceptors (Lipinski definition) is 2.